The number of furan rings is 1. The summed E-state index contributed by atoms with van der Waals surface area (Å²) in [6.07, 6.45) is 5.48. The van der Waals surface area contributed by atoms with Crippen molar-refractivity contribution in [3.63, 3.8) is 0 Å². The molecule has 1 N–H and O–H groups in total. The molecule has 2 heterocycles. The molecule has 5 nitrogen and oxygen atoms in total. The highest BCUT2D eigenvalue weighted by Gasteiger charge is 2.18. The third kappa shape index (κ3) is 5.27. The predicted octanol–water partition coefficient (Wildman–Crippen LogP) is 1.92. The topological polar surface area (TPSA) is 50.0 Å². The lowest BCUT2D eigenvalue weighted by Crippen LogP contribution is -2.41. The number of ether oxygens (including phenoxy) is 1. The molecule has 1 aromatic heterocycles. The van der Waals surface area contributed by atoms with Crippen LogP contribution in [0.5, 0.6) is 0 Å². The van der Waals surface area contributed by atoms with Crippen molar-refractivity contribution >= 4 is 5.96 Å². The quantitative estimate of drug-likeness (QED) is 0.474. The van der Waals surface area contributed by atoms with Crippen LogP contribution in [0.15, 0.2) is 40.5 Å². The first kappa shape index (κ1) is 15.6. The molecule has 1 fully saturated rings. The minimum atomic E-state index is 0.593. The lowest BCUT2D eigenvalue weighted by molar-refractivity contribution is 0.181. The standard InChI is InChI=1S/C16H25N3O2/c1-3-8-17-16(18-9-6-15-5-4-10-21-15)19(2)12-14-7-11-20-13-14/h3-5,10,14H,1,6-9,11-13H2,2H3,(H,17,18). The number of hydrogen-bond acceptors (Lipinski definition) is 3. The molecule has 0 radical (unpaired) electrons. The van der Waals surface area contributed by atoms with Crippen molar-refractivity contribution in [2.24, 2.45) is 10.9 Å². The van der Waals surface area contributed by atoms with Crippen molar-refractivity contribution in [1.29, 1.82) is 0 Å². The smallest absolute Gasteiger partial charge is 0.193 e. The molecule has 21 heavy (non-hydrogen) atoms. The van der Waals surface area contributed by atoms with E-state index in [1.807, 2.05) is 18.2 Å². The fraction of sp³-hybridized carbons (Fsp3) is 0.562. The molecule has 1 saturated heterocycles. The predicted molar refractivity (Wildman–Crippen MR) is 84.5 cm³/mol. The molecule has 1 aliphatic heterocycles. The summed E-state index contributed by atoms with van der Waals surface area (Å²) in [4.78, 5) is 6.83. The normalized spacial score (nSPS) is 18.7. The molecule has 1 aliphatic rings. The van der Waals surface area contributed by atoms with Crippen LogP contribution in [0.2, 0.25) is 0 Å². The molecular weight excluding hydrogens is 266 g/mol. The van der Waals surface area contributed by atoms with Gasteiger partial charge in [-0.05, 0) is 18.6 Å². The van der Waals surface area contributed by atoms with Gasteiger partial charge in [-0.1, -0.05) is 6.08 Å². The zero-order valence-electron chi connectivity index (χ0n) is 12.8. The molecule has 0 amide bonds. The van der Waals surface area contributed by atoms with Gasteiger partial charge >= 0.3 is 0 Å². The summed E-state index contributed by atoms with van der Waals surface area (Å²) >= 11 is 0. The van der Waals surface area contributed by atoms with Crippen molar-refractivity contribution in [2.45, 2.75) is 12.8 Å². The van der Waals surface area contributed by atoms with E-state index in [1.54, 1.807) is 6.26 Å². The van der Waals surface area contributed by atoms with Crippen LogP contribution < -0.4 is 5.32 Å². The van der Waals surface area contributed by atoms with Crippen molar-refractivity contribution in [3.05, 3.63) is 36.8 Å². The van der Waals surface area contributed by atoms with Gasteiger partial charge in [0.15, 0.2) is 5.96 Å². The maximum atomic E-state index is 5.43. The van der Waals surface area contributed by atoms with Crippen molar-refractivity contribution in [3.8, 4) is 0 Å². The van der Waals surface area contributed by atoms with E-state index in [1.165, 1.54) is 0 Å². The molecule has 1 unspecified atom stereocenters. The van der Waals surface area contributed by atoms with E-state index in [-0.39, 0.29) is 0 Å². The number of aliphatic imine (C=N–C) groups is 1. The Labute approximate surface area is 126 Å². The Balaban J connectivity index is 1.86. The van der Waals surface area contributed by atoms with Crippen LogP contribution in [0.4, 0.5) is 0 Å². The SMILES string of the molecule is C=CCNC(=NCCc1ccco1)N(C)CC1CCOC1. The van der Waals surface area contributed by atoms with Gasteiger partial charge in [0.05, 0.1) is 12.9 Å². The molecule has 0 saturated carbocycles. The van der Waals surface area contributed by atoms with Gasteiger partial charge in [0.25, 0.3) is 0 Å². The highest BCUT2D eigenvalue weighted by molar-refractivity contribution is 5.79. The molecule has 0 aromatic carbocycles. The average Bonchev–Trinajstić information content (AvgIpc) is 3.15. The Morgan fingerprint density at radius 1 is 1.62 bits per heavy atom. The molecule has 116 valence electrons. The Morgan fingerprint density at radius 2 is 2.52 bits per heavy atom. The lowest BCUT2D eigenvalue weighted by Gasteiger charge is -2.24. The van der Waals surface area contributed by atoms with Gasteiger partial charge in [0, 0.05) is 45.6 Å². The van der Waals surface area contributed by atoms with Gasteiger partial charge in [-0.2, -0.15) is 0 Å². The second kappa shape index (κ2) is 8.52. The maximum Gasteiger partial charge on any atom is 0.193 e. The first-order valence-electron chi connectivity index (χ1n) is 7.50. The molecule has 5 heteroatoms. The molecule has 0 spiro atoms. The zero-order chi connectivity index (χ0) is 14.9. The first-order chi connectivity index (χ1) is 10.3. The molecular formula is C16H25N3O2. The number of nitrogens with zero attached hydrogens (tertiary/aromatic N) is 2. The summed E-state index contributed by atoms with van der Waals surface area (Å²) in [5.41, 5.74) is 0. The van der Waals surface area contributed by atoms with E-state index in [0.717, 1.165) is 44.3 Å². The van der Waals surface area contributed by atoms with Gasteiger partial charge in [-0.3, -0.25) is 4.99 Å². The van der Waals surface area contributed by atoms with E-state index in [4.69, 9.17) is 9.15 Å². The number of hydrogen-bond donors (Lipinski definition) is 1. The Bertz CT molecular complexity index is 436. The second-order valence-corrected chi connectivity index (χ2v) is 5.31. The van der Waals surface area contributed by atoms with E-state index in [9.17, 15) is 0 Å². The molecule has 1 atom stereocenters. The second-order valence-electron chi connectivity index (χ2n) is 5.31. The van der Waals surface area contributed by atoms with E-state index < -0.39 is 0 Å². The summed E-state index contributed by atoms with van der Waals surface area (Å²) in [5, 5.41) is 3.31. The van der Waals surface area contributed by atoms with Crippen molar-refractivity contribution < 1.29 is 9.15 Å². The van der Waals surface area contributed by atoms with Gasteiger partial charge in [0.2, 0.25) is 0 Å². The van der Waals surface area contributed by atoms with E-state index in [2.05, 4.69) is 28.8 Å². The summed E-state index contributed by atoms with van der Waals surface area (Å²) in [7, 11) is 2.07. The summed E-state index contributed by atoms with van der Waals surface area (Å²) < 4.78 is 10.8. The Morgan fingerprint density at radius 3 is 3.19 bits per heavy atom. The third-order valence-corrected chi connectivity index (χ3v) is 3.52. The van der Waals surface area contributed by atoms with Gasteiger partial charge in [-0.15, -0.1) is 6.58 Å². The summed E-state index contributed by atoms with van der Waals surface area (Å²) in [6.45, 7) is 7.86. The van der Waals surface area contributed by atoms with Crippen LogP contribution in [0.3, 0.4) is 0 Å². The lowest BCUT2D eigenvalue weighted by atomic mass is 10.1. The van der Waals surface area contributed by atoms with Gasteiger partial charge < -0.3 is 19.4 Å². The number of nitrogens with one attached hydrogen (secondary N) is 1. The minimum Gasteiger partial charge on any atom is -0.469 e. The summed E-state index contributed by atoms with van der Waals surface area (Å²) in [6, 6.07) is 3.88. The van der Waals surface area contributed by atoms with E-state index >= 15 is 0 Å². The highest BCUT2D eigenvalue weighted by Crippen LogP contribution is 2.13. The monoisotopic (exact) mass is 291 g/mol. The van der Waals surface area contributed by atoms with Crippen LogP contribution in [0, 0.1) is 5.92 Å². The number of rotatable bonds is 7. The van der Waals surface area contributed by atoms with Crippen molar-refractivity contribution in [1.82, 2.24) is 10.2 Å². The Hall–Kier alpha value is -1.75. The molecule has 0 bridgehead atoms. The van der Waals surface area contributed by atoms with Crippen LogP contribution in [0.25, 0.3) is 0 Å². The number of guanidine groups is 1. The average molecular weight is 291 g/mol. The summed E-state index contributed by atoms with van der Waals surface area (Å²) in [5.74, 6) is 2.47. The Kier molecular flexibility index (Phi) is 6.34. The molecule has 2 rings (SSSR count). The van der Waals surface area contributed by atoms with Crippen LogP contribution >= 0.6 is 0 Å². The largest absolute Gasteiger partial charge is 0.469 e. The molecule has 1 aromatic rings. The van der Waals surface area contributed by atoms with Crippen LogP contribution in [-0.4, -0.2) is 50.8 Å². The van der Waals surface area contributed by atoms with Crippen LogP contribution in [0.1, 0.15) is 12.2 Å². The van der Waals surface area contributed by atoms with Gasteiger partial charge in [-0.25, -0.2) is 0 Å². The third-order valence-electron chi connectivity index (χ3n) is 3.52. The fourth-order valence-electron chi connectivity index (χ4n) is 2.40. The maximum absolute atomic E-state index is 5.43. The van der Waals surface area contributed by atoms with Gasteiger partial charge in [0.1, 0.15) is 5.76 Å². The van der Waals surface area contributed by atoms with Crippen molar-refractivity contribution in [2.75, 3.05) is 39.9 Å². The first-order valence-corrected chi connectivity index (χ1v) is 7.50. The highest BCUT2D eigenvalue weighted by atomic mass is 16.5. The van der Waals surface area contributed by atoms with Crippen LogP contribution in [-0.2, 0) is 11.2 Å². The molecule has 0 aliphatic carbocycles. The minimum absolute atomic E-state index is 0.593. The fourth-order valence-corrected chi connectivity index (χ4v) is 2.40. The zero-order valence-corrected chi connectivity index (χ0v) is 12.8. The van der Waals surface area contributed by atoms with E-state index in [0.29, 0.717) is 19.0 Å².